The first-order chi connectivity index (χ1) is 8.62. The first-order valence-corrected chi connectivity index (χ1v) is 6.27. The van der Waals surface area contributed by atoms with Gasteiger partial charge in [-0.2, -0.15) is 0 Å². The lowest BCUT2D eigenvalue weighted by Crippen LogP contribution is -2.43. The van der Waals surface area contributed by atoms with Crippen LogP contribution in [0.4, 0.5) is 0 Å². The summed E-state index contributed by atoms with van der Waals surface area (Å²) in [5.41, 5.74) is 1.43. The Kier molecular flexibility index (Phi) is 3.41. The minimum atomic E-state index is -1.01. The minimum absolute atomic E-state index is 0.337. The van der Waals surface area contributed by atoms with Crippen molar-refractivity contribution >= 4 is 5.97 Å². The van der Waals surface area contributed by atoms with Crippen LogP contribution >= 0.6 is 0 Å². The van der Waals surface area contributed by atoms with Crippen molar-refractivity contribution in [2.45, 2.75) is 38.9 Å². The summed E-state index contributed by atoms with van der Waals surface area (Å²) in [5.74, 6) is -0.729. The van der Waals surface area contributed by atoms with Crippen LogP contribution in [0.1, 0.15) is 42.1 Å². The van der Waals surface area contributed by atoms with E-state index in [4.69, 9.17) is 9.47 Å². The summed E-state index contributed by atoms with van der Waals surface area (Å²) in [6, 6.07) is 5.47. The maximum Gasteiger partial charge on any atom is 0.345 e. The second-order valence-electron chi connectivity index (χ2n) is 4.56. The summed E-state index contributed by atoms with van der Waals surface area (Å²) in [6.07, 6.45) is 4.14. The molecule has 0 aromatic heterocycles. The zero-order valence-electron chi connectivity index (χ0n) is 10.9. The Morgan fingerprint density at radius 1 is 1.39 bits per heavy atom. The Morgan fingerprint density at radius 3 is 2.83 bits per heavy atom. The predicted octanol–water partition coefficient (Wildman–Crippen LogP) is 3.62. The van der Waals surface area contributed by atoms with Crippen LogP contribution in [0.2, 0.25) is 0 Å². The van der Waals surface area contributed by atoms with Gasteiger partial charge in [0.15, 0.2) is 0 Å². The number of hydrogen-bond acceptors (Lipinski definition) is 3. The fourth-order valence-electron chi connectivity index (χ4n) is 2.06. The number of hydrogen-bond donors (Lipinski definition) is 0. The zero-order chi connectivity index (χ0) is 13.2. The smallest absolute Gasteiger partial charge is 0.345 e. The molecule has 0 radical (unpaired) electrons. The number of fused-ring (bicyclic) bond motifs is 1. The maximum atomic E-state index is 12.0. The fraction of sp³-hybridized carbons (Fsp3) is 0.400. The lowest BCUT2D eigenvalue weighted by molar-refractivity contribution is -0.124. The second kappa shape index (κ2) is 4.84. The van der Waals surface area contributed by atoms with E-state index in [-0.39, 0.29) is 5.97 Å². The lowest BCUT2D eigenvalue weighted by atomic mass is 10.0. The molecule has 0 N–H and O–H groups in total. The average Bonchev–Trinajstić information content (AvgIpc) is 2.38. The van der Waals surface area contributed by atoms with Crippen molar-refractivity contribution < 1.29 is 14.3 Å². The molecular formula is C15H18O3. The molecular weight excluding hydrogens is 228 g/mol. The monoisotopic (exact) mass is 246 g/mol. The quantitative estimate of drug-likeness (QED) is 0.601. The summed E-state index contributed by atoms with van der Waals surface area (Å²) in [6.45, 7) is 7.75. The molecule has 0 amide bonds. The Bertz CT molecular complexity index is 479. The van der Waals surface area contributed by atoms with Crippen LogP contribution in [0.25, 0.3) is 0 Å². The molecule has 1 atom stereocenters. The molecule has 1 heterocycles. The molecule has 0 fully saturated rings. The molecule has 1 unspecified atom stereocenters. The van der Waals surface area contributed by atoms with Crippen molar-refractivity contribution in [1.82, 2.24) is 0 Å². The number of rotatable bonds is 4. The Hall–Kier alpha value is -1.77. The topological polar surface area (TPSA) is 35.5 Å². The number of benzene rings is 1. The standard InChI is InChI=1S/C15H18O3/c1-4-6-10-15(5-2)17-13-11(3)8-7-9-12(13)14(16)18-15/h5,7-9H,2,4,6,10H2,1,3H3. The van der Waals surface area contributed by atoms with Gasteiger partial charge in [0, 0.05) is 6.42 Å². The summed E-state index contributed by atoms with van der Waals surface area (Å²) in [7, 11) is 0. The molecule has 18 heavy (non-hydrogen) atoms. The third-order valence-corrected chi connectivity index (χ3v) is 3.16. The SMILES string of the molecule is C=CC1(CCCC)OC(=O)c2cccc(C)c2O1. The molecule has 0 aliphatic carbocycles. The van der Waals surface area contributed by atoms with E-state index in [1.54, 1.807) is 12.1 Å². The van der Waals surface area contributed by atoms with Gasteiger partial charge in [-0.15, -0.1) is 0 Å². The molecule has 0 bridgehead atoms. The summed E-state index contributed by atoms with van der Waals surface area (Å²) < 4.78 is 11.3. The molecule has 3 heteroatoms. The third-order valence-electron chi connectivity index (χ3n) is 3.16. The highest BCUT2D eigenvalue weighted by Gasteiger charge is 2.39. The number of aryl methyl sites for hydroxylation is 1. The van der Waals surface area contributed by atoms with E-state index in [0.717, 1.165) is 18.4 Å². The van der Waals surface area contributed by atoms with Gasteiger partial charge < -0.3 is 9.47 Å². The van der Waals surface area contributed by atoms with Crippen molar-refractivity contribution in [3.05, 3.63) is 42.0 Å². The number of ether oxygens (including phenoxy) is 2. The number of carbonyl (C=O) groups is 1. The van der Waals surface area contributed by atoms with E-state index < -0.39 is 5.79 Å². The lowest BCUT2D eigenvalue weighted by Gasteiger charge is -2.36. The maximum absolute atomic E-state index is 12.0. The molecule has 1 aliphatic heterocycles. The van der Waals surface area contributed by atoms with Crippen LogP contribution in [0.15, 0.2) is 30.9 Å². The molecule has 96 valence electrons. The normalized spacial score (nSPS) is 21.8. The third kappa shape index (κ3) is 2.13. The Balaban J connectivity index is 2.38. The van der Waals surface area contributed by atoms with Crippen LogP contribution in [-0.2, 0) is 4.74 Å². The van der Waals surface area contributed by atoms with Gasteiger partial charge in [0.25, 0.3) is 5.79 Å². The van der Waals surface area contributed by atoms with Gasteiger partial charge in [0.05, 0.1) is 0 Å². The molecule has 2 rings (SSSR count). The van der Waals surface area contributed by atoms with Gasteiger partial charge in [-0.3, -0.25) is 0 Å². The van der Waals surface area contributed by atoms with Gasteiger partial charge in [0.1, 0.15) is 11.3 Å². The molecule has 0 saturated carbocycles. The summed E-state index contributed by atoms with van der Waals surface area (Å²) in [4.78, 5) is 12.0. The van der Waals surface area contributed by atoms with E-state index in [9.17, 15) is 4.79 Å². The van der Waals surface area contributed by atoms with Crippen molar-refractivity contribution in [1.29, 1.82) is 0 Å². The predicted molar refractivity (Wildman–Crippen MR) is 69.7 cm³/mol. The summed E-state index contributed by atoms with van der Waals surface area (Å²) >= 11 is 0. The Labute approximate surface area is 107 Å². The van der Waals surface area contributed by atoms with Crippen molar-refractivity contribution in [3.63, 3.8) is 0 Å². The number of para-hydroxylation sites is 1. The van der Waals surface area contributed by atoms with E-state index in [1.807, 2.05) is 19.1 Å². The van der Waals surface area contributed by atoms with E-state index in [1.165, 1.54) is 0 Å². The second-order valence-corrected chi connectivity index (χ2v) is 4.56. The molecule has 1 aromatic rings. The molecule has 1 aromatic carbocycles. The molecule has 1 aliphatic rings. The Morgan fingerprint density at radius 2 is 2.17 bits per heavy atom. The van der Waals surface area contributed by atoms with Crippen LogP contribution in [0, 0.1) is 6.92 Å². The number of unbranched alkanes of at least 4 members (excludes halogenated alkanes) is 1. The van der Waals surface area contributed by atoms with E-state index in [0.29, 0.717) is 17.7 Å². The molecule has 0 saturated heterocycles. The number of esters is 1. The van der Waals surface area contributed by atoms with Gasteiger partial charge in [-0.05, 0) is 31.1 Å². The zero-order valence-corrected chi connectivity index (χ0v) is 10.9. The molecule has 0 spiro atoms. The van der Waals surface area contributed by atoms with Crippen molar-refractivity contribution in [2.24, 2.45) is 0 Å². The fourth-order valence-corrected chi connectivity index (χ4v) is 2.06. The van der Waals surface area contributed by atoms with E-state index in [2.05, 4.69) is 13.5 Å². The van der Waals surface area contributed by atoms with Crippen molar-refractivity contribution in [2.75, 3.05) is 0 Å². The van der Waals surface area contributed by atoms with Gasteiger partial charge >= 0.3 is 5.97 Å². The highest BCUT2D eigenvalue weighted by Crippen LogP contribution is 2.36. The van der Waals surface area contributed by atoms with Crippen LogP contribution in [0.3, 0.4) is 0 Å². The van der Waals surface area contributed by atoms with Gasteiger partial charge in [-0.25, -0.2) is 4.79 Å². The van der Waals surface area contributed by atoms with Crippen LogP contribution in [0.5, 0.6) is 5.75 Å². The largest absolute Gasteiger partial charge is 0.447 e. The van der Waals surface area contributed by atoms with Crippen molar-refractivity contribution in [3.8, 4) is 5.75 Å². The van der Waals surface area contributed by atoms with E-state index >= 15 is 0 Å². The van der Waals surface area contributed by atoms with Crippen LogP contribution < -0.4 is 4.74 Å². The highest BCUT2D eigenvalue weighted by atomic mass is 16.7. The highest BCUT2D eigenvalue weighted by molar-refractivity contribution is 5.94. The van der Waals surface area contributed by atoms with Gasteiger partial charge in [-0.1, -0.05) is 32.1 Å². The minimum Gasteiger partial charge on any atom is -0.447 e. The number of cyclic esters (lactones) is 1. The van der Waals surface area contributed by atoms with Gasteiger partial charge in [0.2, 0.25) is 0 Å². The average molecular weight is 246 g/mol. The first-order valence-electron chi connectivity index (χ1n) is 6.27. The number of carbonyl (C=O) groups excluding carboxylic acids is 1. The van der Waals surface area contributed by atoms with Crippen LogP contribution in [-0.4, -0.2) is 11.8 Å². The first kappa shape index (κ1) is 12.7. The molecule has 3 nitrogen and oxygen atoms in total. The summed E-state index contributed by atoms with van der Waals surface area (Å²) in [5, 5.41) is 0.